The normalized spacial score (nSPS) is 20.2. The fourth-order valence-electron chi connectivity index (χ4n) is 1.75. The van der Waals surface area contributed by atoms with Crippen molar-refractivity contribution in [3.05, 3.63) is 29.8 Å². The van der Waals surface area contributed by atoms with E-state index in [-0.39, 0.29) is 6.04 Å². The fraction of sp³-hybridized carbons (Fsp3) is 0.500. The maximum Gasteiger partial charge on any atom is 0.119 e. The van der Waals surface area contributed by atoms with Crippen LogP contribution < -0.4 is 10.5 Å². The summed E-state index contributed by atoms with van der Waals surface area (Å²) in [6, 6.07) is 8.22. The quantitative estimate of drug-likeness (QED) is 0.796. The van der Waals surface area contributed by atoms with Crippen molar-refractivity contribution >= 4 is 0 Å². The number of ether oxygens (including phenoxy) is 1. The van der Waals surface area contributed by atoms with Crippen LogP contribution in [0.15, 0.2) is 24.3 Å². The van der Waals surface area contributed by atoms with Crippen LogP contribution in [-0.2, 0) is 0 Å². The Kier molecular flexibility index (Phi) is 2.23. The summed E-state index contributed by atoms with van der Waals surface area (Å²) in [5.74, 6) is 0.891. The van der Waals surface area contributed by atoms with Gasteiger partial charge in [-0.25, -0.2) is 0 Å². The lowest BCUT2D eigenvalue weighted by Crippen LogP contribution is -2.19. The molecule has 0 heterocycles. The van der Waals surface area contributed by atoms with Crippen molar-refractivity contribution in [2.24, 2.45) is 11.1 Å². The van der Waals surface area contributed by atoms with Crippen LogP contribution in [0, 0.1) is 5.41 Å². The van der Waals surface area contributed by atoms with Crippen LogP contribution in [0.3, 0.4) is 0 Å². The number of hydrogen-bond donors (Lipinski definition) is 1. The summed E-state index contributed by atoms with van der Waals surface area (Å²) in [7, 11) is 1.68. The number of methoxy groups -OCH3 is 1. The molecule has 0 bridgehead atoms. The molecule has 0 saturated heterocycles. The molecule has 2 nitrogen and oxygen atoms in total. The van der Waals surface area contributed by atoms with Gasteiger partial charge in [-0.05, 0) is 36.0 Å². The summed E-state index contributed by atoms with van der Waals surface area (Å²) in [6.07, 6.45) is 2.48. The van der Waals surface area contributed by atoms with Crippen molar-refractivity contribution in [3.63, 3.8) is 0 Å². The first-order valence-electron chi connectivity index (χ1n) is 5.05. The van der Waals surface area contributed by atoms with E-state index in [9.17, 15) is 0 Å². The van der Waals surface area contributed by atoms with E-state index in [0.717, 1.165) is 5.75 Å². The monoisotopic (exact) mass is 191 g/mol. The Morgan fingerprint density at radius 2 is 2.14 bits per heavy atom. The molecule has 1 aliphatic carbocycles. The summed E-state index contributed by atoms with van der Waals surface area (Å²) in [5, 5.41) is 0. The Balaban J connectivity index is 2.23. The Morgan fingerprint density at radius 3 is 2.71 bits per heavy atom. The smallest absolute Gasteiger partial charge is 0.119 e. The van der Waals surface area contributed by atoms with Crippen LogP contribution in [0.1, 0.15) is 31.4 Å². The lowest BCUT2D eigenvalue weighted by atomic mass is 9.93. The van der Waals surface area contributed by atoms with Crippen molar-refractivity contribution < 1.29 is 4.74 Å². The van der Waals surface area contributed by atoms with Gasteiger partial charge >= 0.3 is 0 Å². The minimum absolute atomic E-state index is 0.151. The molecule has 1 fully saturated rings. The van der Waals surface area contributed by atoms with Gasteiger partial charge in [0.15, 0.2) is 0 Å². The SMILES string of the molecule is COc1cccc(C(N)C2(C)CC2)c1. The molecule has 1 aromatic rings. The molecule has 0 radical (unpaired) electrons. The largest absolute Gasteiger partial charge is 0.497 e. The van der Waals surface area contributed by atoms with Gasteiger partial charge in [0.05, 0.1) is 7.11 Å². The van der Waals surface area contributed by atoms with E-state index in [4.69, 9.17) is 10.5 Å². The predicted octanol–water partition coefficient (Wildman–Crippen LogP) is 2.50. The summed E-state index contributed by atoms with van der Waals surface area (Å²) in [4.78, 5) is 0. The van der Waals surface area contributed by atoms with Gasteiger partial charge in [-0.1, -0.05) is 19.1 Å². The first kappa shape index (κ1) is 9.53. The molecule has 0 amide bonds. The third kappa shape index (κ3) is 1.62. The van der Waals surface area contributed by atoms with E-state index >= 15 is 0 Å². The summed E-state index contributed by atoms with van der Waals surface area (Å²) < 4.78 is 5.18. The lowest BCUT2D eigenvalue weighted by molar-refractivity contribution is 0.409. The van der Waals surface area contributed by atoms with Crippen molar-refractivity contribution in [1.82, 2.24) is 0 Å². The Morgan fingerprint density at radius 1 is 1.43 bits per heavy atom. The van der Waals surface area contributed by atoms with Crippen molar-refractivity contribution in [3.8, 4) is 5.75 Å². The molecule has 0 spiro atoms. The second-order valence-corrected chi connectivity index (χ2v) is 4.41. The summed E-state index contributed by atoms with van der Waals surface area (Å²) in [6.45, 7) is 2.25. The molecular weight excluding hydrogens is 174 g/mol. The molecule has 1 aliphatic rings. The van der Waals surface area contributed by atoms with E-state index in [1.165, 1.54) is 18.4 Å². The third-order valence-corrected chi connectivity index (χ3v) is 3.24. The lowest BCUT2D eigenvalue weighted by Gasteiger charge is -2.19. The predicted molar refractivity (Wildman–Crippen MR) is 57.3 cm³/mol. The van der Waals surface area contributed by atoms with Gasteiger partial charge in [0.25, 0.3) is 0 Å². The topological polar surface area (TPSA) is 35.2 Å². The Labute approximate surface area is 85.1 Å². The zero-order valence-electron chi connectivity index (χ0n) is 8.79. The second-order valence-electron chi connectivity index (χ2n) is 4.41. The minimum atomic E-state index is 0.151. The molecule has 2 rings (SSSR count). The average Bonchev–Trinajstić information content (AvgIpc) is 2.97. The van der Waals surface area contributed by atoms with Gasteiger partial charge in [-0.3, -0.25) is 0 Å². The van der Waals surface area contributed by atoms with Crippen LogP contribution in [0.2, 0.25) is 0 Å². The van der Waals surface area contributed by atoms with Gasteiger partial charge in [0.2, 0.25) is 0 Å². The average molecular weight is 191 g/mol. The van der Waals surface area contributed by atoms with E-state index in [1.54, 1.807) is 7.11 Å². The van der Waals surface area contributed by atoms with Crippen LogP contribution in [0.4, 0.5) is 0 Å². The molecule has 0 aromatic heterocycles. The highest BCUT2D eigenvalue weighted by molar-refractivity contribution is 5.32. The van der Waals surface area contributed by atoms with Crippen LogP contribution in [0.5, 0.6) is 5.75 Å². The van der Waals surface area contributed by atoms with Gasteiger partial charge in [0, 0.05) is 6.04 Å². The first-order valence-corrected chi connectivity index (χ1v) is 5.05. The zero-order valence-corrected chi connectivity index (χ0v) is 8.79. The highest BCUT2D eigenvalue weighted by atomic mass is 16.5. The van der Waals surface area contributed by atoms with Crippen LogP contribution in [0.25, 0.3) is 0 Å². The molecule has 1 atom stereocenters. The van der Waals surface area contributed by atoms with Crippen molar-refractivity contribution in [2.45, 2.75) is 25.8 Å². The Bertz CT molecular complexity index is 331. The maximum absolute atomic E-state index is 6.20. The molecular formula is C12H17NO. The number of rotatable bonds is 3. The molecule has 1 unspecified atom stereocenters. The molecule has 76 valence electrons. The molecule has 1 aromatic carbocycles. The number of benzene rings is 1. The molecule has 1 saturated carbocycles. The second kappa shape index (κ2) is 3.28. The number of nitrogens with two attached hydrogens (primary N) is 1. The number of hydrogen-bond acceptors (Lipinski definition) is 2. The third-order valence-electron chi connectivity index (χ3n) is 3.24. The maximum atomic E-state index is 6.20. The van der Waals surface area contributed by atoms with E-state index in [1.807, 2.05) is 18.2 Å². The minimum Gasteiger partial charge on any atom is -0.497 e. The molecule has 2 heteroatoms. The fourth-order valence-corrected chi connectivity index (χ4v) is 1.75. The molecule has 2 N–H and O–H groups in total. The highest BCUT2D eigenvalue weighted by Gasteiger charge is 2.43. The van der Waals surface area contributed by atoms with Gasteiger partial charge < -0.3 is 10.5 Å². The standard InChI is InChI=1S/C12H17NO/c1-12(6-7-12)11(13)9-4-3-5-10(8-9)14-2/h3-5,8,11H,6-7,13H2,1-2H3. The van der Waals surface area contributed by atoms with Gasteiger partial charge in [-0.15, -0.1) is 0 Å². The highest BCUT2D eigenvalue weighted by Crippen LogP contribution is 2.53. The van der Waals surface area contributed by atoms with Crippen molar-refractivity contribution in [1.29, 1.82) is 0 Å². The molecule has 14 heavy (non-hydrogen) atoms. The van der Waals surface area contributed by atoms with Crippen LogP contribution in [-0.4, -0.2) is 7.11 Å². The van der Waals surface area contributed by atoms with Gasteiger partial charge in [0.1, 0.15) is 5.75 Å². The first-order chi connectivity index (χ1) is 6.65. The summed E-state index contributed by atoms with van der Waals surface area (Å²) >= 11 is 0. The summed E-state index contributed by atoms with van der Waals surface area (Å²) in [5.41, 5.74) is 7.71. The van der Waals surface area contributed by atoms with Crippen molar-refractivity contribution in [2.75, 3.05) is 7.11 Å². The zero-order chi connectivity index (χ0) is 10.2. The van der Waals surface area contributed by atoms with E-state index in [0.29, 0.717) is 5.41 Å². The van der Waals surface area contributed by atoms with Crippen LogP contribution >= 0.6 is 0 Å². The van der Waals surface area contributed by atoms with E-state index in [2.05, 4.69) is 13.0 Å². The van der Waals surface area contributed by atoms with E-state index < -0.39 is 0 Å². The molecule has 0 aliphatic heterocycles. The Hall–Kier alpha value is -1.02. The van der Waals surface area contributed by atoms with Gasteiger partial charge in [-0.2, -0.15) is 0 Å².